The third-order valence-corrected chi connectivity index (χ3v) is 2.13. The average molecular weight is 226 g/mol. The van der Waals surface area contributed by atoms with Crippen molar-refractivity contribution in [3.63, 3.8) is 0 Å². The molecule has 0 unspecified atom stereocenters. The molecule has 0 atom stereocenters. The van der Waals surface area contributed by atoms with E-state index in [0.717, 1.165) is 4.90 Å². The summed E-state index contributed by atoms with van der Waals surface area (Å²) in [5, 5.41) is -0.731. The van der Waals surface area contributed by atoms with E-state index in [4.69, 9.17) is 11.6 Å². The molecule has 0 aromatic heterocycles. The van der Waals surface area contributed by atoms with E-state index in [2.05, 4.69) is 0 Å². The second kappa shape index (κ2) is 5.51. The fourth-order valence-electron chi connectivity index (χ4n) is 1.23. The van der Waals surface area contributed by atoms with E-state index in [9.17, 15) is 9.59 Å². The Labute approximate surface area is 93.6 Å². The fraction of sp³-hybridized carbons (Fsp3) is 0.273. The van der Waals surface area contributed by atoms with Crippen molar-refractivity contribution in [1.82, 2.24) is 4.90 Å². The van der Waals surface area contributed by atoms with Crippen LogP contribution in [0.25, 0.3) is 0 Å². The number of carbonyl (C=O) groups excluding carboxylic acids is 2. The van der Waals surface area contributed by atoms with Crippen molar-refractivity contribution >= 4 is 22.9 Å². The molecule has 0 heterocycles. The van der Waals surface area contributed by atoms with Gasteiger partial charge in [0.2, 0.25) is 0 Å². The second-order valence-electron chi connectivity index (χ2n) is 3.08. The molecule has 0 N–H and O–H groups in total. The summed E-state index contributed by atoms with van der Waals surface area (Å²) in [6.45, 7) is 2.22. The van der Waals surface area contributed by atoms with Crippen molar-refractivity contribution in [1.29, 1.82) is 0 Å². The van der Waals surface area contributed by atoms with E-state index >= 15 is 0 Å². The Morgan fingerprint density at radius 1 is 1.27 bits per heavy atom. The van der Waals surface area contributed by atoms with Crippen LogP contribution in [0.2, 0.25) is 0 Å². The van der Waals surface area contributed by atoms with E-state index in [1.807, 2.05) is 13.0 Å². The average Bonchev–Trinajstić information content (AvgIpc) is 2.26. The lowest BCUT2D eigenvalue weighted by molar-refractivity contribution is 0.0819. The maximum Gasteiger partial charge on any atom is 0.323 e. The van der Waals surface area contributed by atoms with Crippen LogP contribution in [0.15, 0.2) is 30.3 Å². The third kappa shape index (κ3) is 3.06. The van der Waals surface area contributed by atoms with Gasteiger partial charge in [-0.3, -0.25) is 14.5 Å². The number of hydrogen-bond donors (Lipinski definition) is 0. The van der Waals surface area contributed by atoms with Gasteiger partial charge in [0.25, 0.3) is 5.91 Å². The topological polar surface area (TPSA) is 37.4 Å². The largest absolute Gasteiger partial charge is 0.323 e. The van der Waals surface area contributed by atoms with Gasteiger partial charge in [-0.1, -0.05) is 25.1 Å². The van der Waals surface area contributed by atoms with Crippen LogP contribution in [0.3, 0.4) is 0 Å². The number of nitrogens with zero attached hydrogens (tertiary/aromatic N) is 1. The van der Waals surface area contributed by atoms with E-state index < -0.39 is 5.37 Å². The molecule has 1 rings (SSSR count). The Kier molecular flexibility index (Phi) is 4.31. The third-order valence-electron chi connectivity index (χ3n) is 1.93. The van der Waals surface area contributed by atoms with Crippen molar-refractivity contribution in [3.05, 3.63) is 35.9 Å². The van der Waals surface area contributed by atoms with Gasteiger partial charge in [-0.2, -0.15) is 0 Å². The number of imide groups is 1. The molecule has 0 aliphatic heterocycles. The minimum absolute atomic E-state index is 0.343. The van der Waals surface area contributed by atoms with Gasteiger partial charge < -0.3 is 0 Å². The van der Waals surface area contributed by atoms with Crippen molar-refractivity contribution in [2.75, 3.05) is 6.54 Å². The van der Waals surface area contributed by atoms with Gasteiger partial charge >= 0.3 is 5.37 Å². The predicted molar refractivity (Wildman–Crippen MR) is 59.0 cm³/mol. The molecule has 3 nitrogen and oxygen atoms in total. The number of halogens is 1. The Hall–Kier alpha value is -1.35. The first-order valence-corrected chi connectivity index (χ1v) is 5.11. The standard InChI is InChI=1S/C11H12ClNO2/c1-2-8-13(11(12)15)10(14)9-6-4-3-5-7-9/h3-7H,2,8H2,1H3. The summed E-state index contributed by atoms with van der Waals surface area (Å²) in [5.41, 5.74) is 0.472. The maximum atomic E-state index is 11.8. The van der Waals surface area contributed by atoms with Gasteiger partial charge in [0.05, 0.1) is 0 Å². The van der Waals surface area contributed by atoms with Gasteiger partial charge in [0, 0.05) is 12.1 Å². The summed E-state index contributed by atoms with van der Waals surface area (Å²) < 4.78 is 0. The van der Waals surface area contributed by atoms with Crippen LogP contribution in [0, 0.1) is 0 Å². The molecule has 0 saturated carbocycles. The normalized spacial score (nSPS) is 9.73. The van der Waals surface area contributed by atoms with E-state index in [1.54, 1.807) is 24.3 Å². The molecule has 0 spiro atoms. The van der Waals surface area contributed by atoms with Crippen LogP contribution < -0.4 is 0 Å². The molecule has 1 aromatic rings. The molecule has 2 amide bonds. The molecule has 0 bridgehead atoms. The molecule has 15 heavy (non-hydrogen) atoms. The number of carbonyl (C=O) groups is 2. The summed E-state index contributed by atoms with van der Waals surface area (Å²) in [6.07, 6.45) is 0.692. The Balaban J connectivity index is 2.86. The lowest BCUT2D eigenvalue weighted by Crippen LogP contribution is -2.33. The molecule has 0 fully saturated rings. The van der Waals surface area contributed by atoms with Gasteiger partial charge in [0.15, 0.2) is 0 Å². The Bertz CT molecular complexity index is 351. The summed E-state index contributed by atoms with van der Waals surface area (Å²) >= 11 is 5.33. The summed E-state index contributed by atoms with van der Waals surface area (Å²) in [6, 6.07) is 8.62. The predicted octanol–water partition coefficient (Wildman–Crippen LogP) is 2.90. The van der Waals surface area contributed by atoms with E-state index in [-0.39, 0.29) is 5.91 Å². The molecule has 0 aliphatic rings. The highest BCUT2D eigenvalue weighted by molar-refractivity contribution is 6.64. The van der Waals surface area contributed by atoms with Crippen LogP contribution in [-0.4, -0.2) is 22.7 Å². The van der Waals surface area contributed by atoms with Gasteiger partial charge in [-0.05, 0) is 30.2 Å². The highest BCUT2D eigenvalue weighted by Gasteiger charge is 2.19. The second-order valence-corrected chi connectivity index (χ2v) is 3.40. The molecular weight excluding hydrogens is 214 g/mol. The van der Waals surface area contributed by atoms with Crippen LogP contribution in [0.1, 0.15) is 23.7 Å². The zero-order valence-corrected chi connectivity index (χ0v) is 9.20. The van der Waals surface area contributed by atoms with E-state index in [1.165, 1.54) is 0 Å². The smallest absolute Gasteiger partial charge is 0.269 e. The summed E-state index contributed by atoms with van der Waals surface area (Å²) in [5.74, 6) is -0.350. The van der Waals surface area contributed by atoms with Crippen LogP contribution in [0.5, 0.6) is 0 Å². The van der Waals surface area contributed by atoms with Gasteiger partial charge in [-0.25, -0.2) is 0 Å². The first-order valence-electron chi connectivity index (χ1n) is 4.73. The van der Waals surface area contributed by atoms with Gasteiger partial charge in [0.1, 0.15) is 0 Å². The minimum atomic E-state index is -0.731. The number of amides is 2. The summed E-state index contributed by atoms with van der Waals surface area (Å²) in [4.78, 5) is 23.9. The van der Waals surface area contributed by atoms with Crippen molar-refractivity contribution in [3.8, 4) is 0 Å². The van der Waals surface area contributed by atoms with Crippen molar-refractivity contribution in [2.45, 2.75) is 13.3 Å². The van der Waals surface area contributed by atoms with Crippen molar-refractivity contribution < 1.29 is 9.59 Å². The Morgan fingerprint density at radius 3 is 2.33 bits per heavy atom. The highest BCUT2D eigenvalue weighted by Crippen LogP contribution is 2.07. The van der Waals surface area contributed by atoms with Crippen LogP contribution in [0.4, 0.5) is 4.79 Å². The minimum Gasteiger partial charge on any atom is -0.269 e. The molecule has 80 valence electrons. The van der Waals surface area contributed by atoms with Crippen LogP contribution >= 0.6 is 11.6 Å². The zero-order valence-electron chi connectivity index (χ0n) is 8.44. The Morgan fingerprint density at radius 2 is 1.87 bits per heavy atom. The maximum absolute atomic E-state index is 11.8. The fourth-order valence-corrected chi connectivity index (χ4v) is 1.39. The lowest BCUT2D eigenvalue weighted by atomic mass is 10.2. The first kappa shape index (κ1) is 11.7. The highest BCUT2D eigenvalue weighted by atomic mass is 35.5. The number of benzene rings is 1. The van der Waals surface area contributed by atoms with Crippen molar-refractivity contribution in [2.24, 2.45) is 0 Å². The first-order chi connectivity index (χ1) is 7.16. The monoisotopic (exact) mass is 225 g/mol. The SMILES string of the molecule is CCCN(C(=O)Cl)C(=O)c1ccccc1. The number of hydrogen-bond acceptors (Lipinski definition) is 2. The molecular formula is C11H12ClNO2. The lowest BCUT2D eigenvalue weighted by Gasteiger charge is -2.16. The zero-order chi connectivity index (χ0) is 11.3. The molecule has 0 aliphatic carbocycles. The van der Waals surface area contributed by atoms with Gasteiger partial charge in [-0.15, -0.1) is 0 Å². The van der Waals surface area contributed by atoms with Crippen LogP contribution in [-0.2, 0) is 0 Å². The summed E-state index contributed by atoms with van der Waals surface area (Å²) in [7, 11) is 0. The van der Waals surface area contributed by atoms with E-state index in [0.29, 0.717) is 18.5 Å². The quantitative estimate of drug-likeness (QED) is 0.586. The molecule has 4 heteroatoms. The molecule has 1 aromatic carbocycles. The number of rotatable bonds is 3. The molecule has 0 radical (unpaired) electrons. The molecule has 0 saturated heterocycles.